The summed E-state index contributed by atoms with van der Waals surface area (Å²) in [6.07, 6.45) is 5.33. The van der Waals surface area contributed by atoms with Crippen LogP contribution in [-0.2, 0) is 7.05 Å². The molecule has 0 radical (unpaired) electrons. The third kappa shape index (κ3) is 2.69. The van der Waals surface area contributed by atoms with Crippen molar-refractivity contribution in [3.63, 3.8) is 0 Å². The molecule has 0 aliphatic heterocycles. The number of aromatic nitrogens is 1. The standard InChI is InChI=1S/C15H15NO2/c1-16-11-3-4-13(16)7-10-15(17)12-5-8-14(18-2)9-6-12/h3-11H,1-2H3/b10-7+. The molecule has 0 saturated heterocycles. The van der Waals surface area contributed by atoms with E-state index in [9.17, 15) is 4.79 Å². The van der Waals surface area contributed by atoms with E-state index in [-0.39, 0.29) is 5.78 Å². The lowest BCUT2D eigenvalue weighted by Gasteiger charge is -2.00. The Morgan fingerprint density at radius 1 is 1.22 bits per heavy atom. The molecule has 3 nitrogen and oxygen atoms in total. The number of carbonyl (C=O) groups excluding carboxylic acids is 1. The molecular formula is C15H15NO2. The van der Waals surface area contributed by atoms with Crippen LogP contribution in [0.4, 0.5) is 0 Å². The molecule has 1 heterocycles. The second kappa shape index (κ2) is 5.36. The number of rotatable bonds is 4. The largest absolute Gasteiger partial charge is 0.497 e. The number of methoxy groups -OCH3 is 1. The van der Waals surface area contributed by atoms with E-state index >= 15 is 0 Å². The SMILES string of the molecule is COc1ccc(C(=O)/C=C/c2cccn2C)cc1. The number of aryl methyl sites for hydroxylation is 1. The molecule has 0 fully saturated rings. The smallest absolute Gasteiger partial charge is 0.185 e. The quantitative estimate of drug-likeness (QED) is 0.608. The lowest BCUT2D eigenvalue weighted by atomic mass is 10.1. The number of hydrogen-bond donors (Lipinski definition) is 0. The Bertz CT molecular complexity index is 564. The van der Waals surface area contributed by atoms with Gasteiger partial charge in [0.25, 0.3) is 0 Å². The topological polar surface area (TPSA) is 31.2 Å². The third-order valence-corrected chi connectivity index (χ3v) is 2.76. The molecule has 0 N–H and O–H groups in total. The molecule has 1 aromatic heterocycles. The maximum absolute atomic E-state index is 11.9. The van der Waals surface area contributed by atoms with E-state index in [1.54, 1.807) is 37.5 Å². The summed E-state index contributed by atoms with van der Waals surface area (Å²) < 4.78 is 7.01. The molecule has 2 rings (SSSR count). The van der Waals surface area contributed by atoms with Gasteiger partial charge in [-0.15, -0.1) is 0 Å². The van der Waals surface area contributed by atoms with Crippen LogP contribution in [0.25, 0.3) is 6.08 Å². The number of ketones is 1. The molecule has 2 aromatic rings. The first-order valence-corrected chi connectivity index (χ1v) is 5.68. The zero-order valence-electron chi connectivity index (χ0n) is 10.5. The maximum atomic E-state index is 11.9. The van der Waals surface area contributed by atoms with E-state index in [1.807, 2.05) is 36.0 Å². The van der Waals surface area contributed by atoms with E-state index in [0.717, 1.165) is 11.4 Å². The average Bonchev–Trinajstić information content (AvgIpc) is 2.81. The number of benzene rings is 1. The van der Waals surface area contributed by atoms with Gasteiger partial charge in [0.05, 0.1) is 7.11 Å². The summed E-state index contributed by atoms with van der Waals surface area (Å²) in [7, 11) is 3.55. The van der Waals surface area contributed by atoms with Crippen molar-refractivity contribution in [2.45, 2.75) is 0 Å². The zero-order valence-corrected chi connectivity index (χ0v) is 10.5. The first kappa shape index (κ1) is 12.2. The molecule has 18 heavy (non-hydrogen) atoms. The highest BCUT2D eigenvalue weighted by Gasteiger charge is 2.02. The molecule has 3 heteroatoms. The van der Waals surface area contributed by atoms with Crippen molar-refractivity contribution in [3.05, 3.63) is 59.9 Å². The normalized spacial score (nSPS) is 10.8. The van der Waals surface area contributed by atoms with Crippen molar-refractivity contribution in [3.8, 4) is 5.75 Å². The minimum absolute atomic E-state index is 0.0150. The molecule has 0 bridgehead atoms. The Morgan fingerprint density at radius 3 is 2.50 bits per heavy atom. The number of allylic oxidation sites excluding steroid dienone is 1. The summed E-state index contributed by atoms with van der Waals surface area (Å²) in [6, 6.07) is 11.0. The summed E-state index contributed by atoms with van der Waals surface area (Å²) in [4.78, 5) is 11.9. The predicted molar refractivity (Wildman–Crippen MR) is 71.8 cm³/mol. The van der Waals surface area contributed by atoms with E-state index < -0.39 is 0 Å². The van der Waals surface area contributed by atoms with Gasteiger partial charge < -0.3 is 9.30 Å². The monoisotopic (exact) mass is 241 g/mol. The van der Waals surface area contributed by atoms with E-state index in [1.165, 1.54) is 0 Å². The molecule has 0 amide bonds. The molecule has 0 aliphatic carbocycles. The minimum Gasteiger partial charge on any atom is -0.497 e. The van der Waals surface area contributed by atoms with Crippen LogP contribution in [0.2, 0.25) is 0 Å². The van der Waals surface area contributed by atoms with Gasteiger partial charge in [0.15, 0.2) is 5.78 Å². The van der Waals surface area contributed by atoms with Gasteiger partial charge in [0, 0.05) is 24.5 Å². The van der Waals surface area contributed by atoms with Crippen molar-refractivity contribution in [1.29, 1.82) is 0 Å². The summed E-state index contributed by atoms with van der Waals surface area (Å²) in [5.41, 5.74) is 1.65. The van der Waals surface area contributed by atoms with Crippen LogP contribution < -0.4 is 4.74 Å². The first-order chi connectivity index (χ1) is 8.70. The van der Waals surface area contributed by atoms with Crippen molar-refractivity contribution >= 4 is 11.9 Å². The van der Waals surface area contributed by atoms with Crippen LogP contribution >= 0.6 is 0 Å². The summed E-state index contributed by atoms with van der Waals surface area (Å²) >= 11 is 0. The van der Waals surface area contributed by atoms with Crippen LogP contribution in [-0.4, -0.2) is 17.5 Å². The van der Waals surface area contributed by atoms with Gasteiger partial charge in [-0.25, -0.2) is 0 Å². The summed E-state index contributed by atoms with van der Waals surface area (Å²) in [6.45, 7) is 0. The van der Waals surface area contributed by atoms with Crippen LogP contribution in [0.1, 0.15) is 16.1 Å². The van der Waals surface area contributed by atoms with Crippen LogP contribution in [0.3, 0.4) is 0 Å². The lowest BCUT2D eigenvalue weighted by molar-refractivity contribution is 0.104. The Balaban J connectivity index is 2.12. The van der Waals surface area contributed by atoms with Crippen molar-refractivity contribution < 1.29 is 9.53 Å². The van der Waals surface area contributed by atoms with Crippen LogP contribution in [0.15, 0.2) is 48.7 Å². The van der Waals surface area contributed by atoms with Gasteiger partial charge in [0.2, 0.25) is 0 Å². The molecule has 0 saturated carbocycles. The number of nitrogens with zero attached hydrogens (tertiary/aromatic N) is 1. The second-order valence-corrected chi connectivity index (χ2v) is 3.97. The molecule has 0 spiro atoms. The van der Waals surface area contributed by atoms with Crippen molar-refractivity contribution in [2.75, 3.05) is 7.11 Å². The Labute approximate surface area is 106 Å². The van der Waals surface area contributed by atoms with Gasteiger partial charge >= 0.3 is 0 Å². The average molecular weight is 241 g/mol. The van der Waals surface area contributed by atoms with Gasteiger partial charge in [-0.3, -0.25) is 4.79 Å². The Hall–Kier alpha value is -2.29. The van der Waals surface area contributed by atoms with Gasteiger partial charge in [-0.2, -0.15) is 0 Å². The van der Waals surface area contributed by atoms with E-state index in [2.05, 4.69) is 0 Å². The van der Waals surface area contributed by atoms with Gasteiger partial charge in [0.1, 0.15) is 5.75 Å². The fourth-order valence-corrected chi connectivity index (χ4v) is 1.66. The number of ether oxygens (including phenoxy) is 1. The van der Waals surface area contributed by atoms with Gasteiger partial charge in [-0.1, -0.05) is 0 Å². The van der Waals surface area contributed by atoms with Crippen molar-refractivity contribution in [2.24, 2.45) is 7.05 Å². The predicted octanol–water partition coefficient (Wildman–Crippen LogP) is 2.93. The maximum Gasteiger partial charge on any atom is 0.185 e. The molecule has 1 aromatic carbocycles. The highest BCUT2D eigenvalue weighted by molar-refractivity contribution is 6.06. The zero-order chi connectivity index (χ0) is 13.0. The van der Waals surface area contributed by atoms with E-state index in [4.69, 9.17) is 4.74 Å². The molecular weight excluding hydrogens is 226 g/mol. The van der Waals surface area contributed by atoms with Crippen LogP contribution in [0, 0.1) is 0 Å². The highest BCUT2D eigenvalue weighted by atomic mass is 16.5. The number of carbonyl (C=O) groups is 1. The molecule has 92 valence electrons. The lowest BCUT2D eigenvalue weighted by Crippen LogP contribution is -1.95. The Morgan fingerprint density at radius 2 is 1.94 bits per heavy atom. The Kier molecular flexibility index (Phi) is 3.63. The fraction of sp³-hybridized carbons (Fsp3) is 0.133. The van der Waals surface area contributed by atoms with Gasteiger partial charge in [-0.05, 0) is 48.6 Å². The second-order valence-electron chi connectivity index (χ2n) is 3.97. The van der Waals surface area contributed by atoms with Crippen LogP contribution in [0.5, 0.6) is 5.75 Å². The highest BCUT2D eigenvalue weighted by Crippen LogP contribution is 2.12. The number of hydrogen-bond acceptors (Lipinski definition) is 2. The summed E-state index contributed by atoms with van der Waals surface area (Å²) in [5.74, 6) is 0.733. The molecule has 0 atom stereocenters. The fourth-order valence-electron chi connectivity index (χ4n) is 1.66. The molecule has 0 aliphatic rings. The molecule has 0 unspecified atom stereocenters. The first-order valence-electron chi connectivity index (χ1n) is 5.68. The third-order valence-electron chi connectivity index (χ3n) is 2.76. The van der Waals surface area contributed by atoms with E-state index in [0.29, 0.717) is 5.56 Å². The minimum atomic E-state index is -0.0150. The summed E-state index contributed by atoms with van der Waals surface area (Å²) in [5, 5.41) is 0. The van der Waals surface area contributed by atoms with Crippen molar-refractivity contribution in [1.82, 2.24) is 4.57 Å².